The lowest BCUT2D eigenvalue weighted by atomic mass is 10.1. The van der Waals surface area contributed by atoms with Crippen molar-refractivity contribution in [3.8, 4) is 11.5 Å². The van der Waals surface area contributed by atoms with Crippen LogP contribution < -0.4 is 14.8 Å². The zero-order chi connectivity index (χ0) is 16.7. The number of para-hydroxylation sites is 3. The van der Waals surface area contributed by atoms with Crippen molar-refractivity contribution in [1.29, 1.82) is 0 Å². The molecule has 5 nitrogen and oxygen atoms in total. The zero-order valence-electron chi connectivity index (χ0n) is 13.2. The quantitative estimate of drug-likeness (QED) is 0.797. The fourth-order valence-electron chi connectivity index (χ4n) is 2.07. The van der Waals surface area contributed by atoms with Gasteiger partial charge in [0.15, 0.2) is 23.9 Å². The lowest BCUT2D eigenvalue weighted by Gasteiger charge is -2.12. The molecule has 0 aliphatic carbocycles. The van der Waals surface area contributed by atoms with Gasteiger partial charge in [-0.25, -0.2) is 0 Å². The molecular weight excluding hydrogens is 294 g/mol. The van der Waals surface area contributed by atoms with Gasteiger partial charge in [0.1, 0.15) is 0 Å². The van der Waals surface area contributed by atoms with Crippen LogP contribution in [-0.4, -0.2) is 24.9 Å². The summed E-state index contributed by atoms with van der Waals surface area (Å²) in [6, 6.07) is 14.0. The molecule has 0 aliphatic heterocycles. The number of carbonyl (C=O) groups is 2. The summed E-state index contributed by atoms with van der Waals surface area (Å²) in [6.45, 7) is 3.68. The molecule has 0 saturated heterocycles. The first-order chi connectivity index (χ1) is 11.1. The topological polar surface area (TPSA) is 64.6 Å². The lowest BCUT2D eigenvalue weighted by molar-refractivity contribution is -0.118. The molecule has 0 fully saturated rings. The Morgan fingerprint density at radius 3 is 2.22 bits per heavy atom. The summed E-state index contributed by atoms with van der Waals surface area (Å²) < 4.78 is 10.9. The van der Waals surface area contributed by atoms with Gasteiger partial charge in [0.25, 0.3) is 5.91 Å². The van der Waals surface area contributed by atoms with Crippen molar-refractivity contribution < 1.29 is 19.1 Å². The van der Waals surface area contributed by atoms with Gasteiger partial charge >= 0.3 is 0 Å². The van der Waals surface area contributed by atoms with Gasteiger partial charge in [-0.1, -0.05) is 24.3 Å². The molecule has 120 valence electrons. The van der Waals surface area contributed by atoms with E-state index >= 15 is 0 Å². The number of hydrogen-bond donors (Lipinski definition) is 1. The van der Waals surface area contributed by atoms with Crippen LogP contribution in [-0.2, 0) is 4.79 Å². The summed E-state index contributed by atoms with van der Waals surface area (Å²) >= 11 is 0. The van der Waals surface area contributed by atoms with Gasteiger partial charge in [0.2, 0.25) is 0 Å². The van der Waals surface area contributed by atoms with Crippen LogP contribution >= 0.6 is 0 Å². The van der Waals surface area contributed by atoms with E-state index < -0.39 is 0 Å². The number of rotatable bonds is 7. The monoisotopic (exact) mass is 313 g/mol. The second kappa shape index (κ2) is 7.98. The predicted octanol–water partition coefficient (Wildman–Crippen LogP) is 3.31. The first kappa shape index (κ1) is 16.5. The van der Waals surface area contributed by atoms with E-state index in [1.54, 1.807) is 42.5 Å². The highest BCUT2D eigenvalue weighted by atomic mass is 16.5. The molecular formula is C18H19NO4. The van der Waals surface area contributed by atoms with Gasteiger partial charge in [-0.05, 0) is 38.1 Å². The summed E-state index contributed by atoms with van der Waals surface area (Å²) in [7, 11) is 0. The maximum absolute atomic E-state index is 12.0. The molecule has 1 amide bonds. The van der Waals surface area contributed by atoms with Gasteiger partial charge in [-0.3, -0.25) is 9.59 Å². The van der Waals surface area contributed by atoms with Crippen LogP contribution in [0.3, 0.4) is 0 Å². The highest BCUT2D eigenvalue weighted by Crippen LogP contribution is 2.26. The summed E-state index contributed by atoms with van der Waals surface area (Å²) in [5.74, 6) is 0.643. The molecule has 0 spiro atoms. The number of hydrogen-bond acceptors (Lipinski definition) is 4. The predicted molar refractivity (Wildman–Crippen MR) is 88.2 cm³/mol. The van der Waals surface area contributed by atoms with Crippen LogP contribution in [0.2, 0.25) is 0 Å². The standard InChI is InChI=1S/C18H19NO4/c1-3-22-16-10-6-7-11-17(16)23-12-18(21)19-15-9-5-4-8-14(15)13(2)20/h4-11H,3,12H2,1-2H3,(H,19,21). The highest BCUT2D eigenvalue weighted by Gasteiger charge is 2.11. The minimum atomic E-state index is -0.343. The Bertz CT molecular complexity index is 697. The van der Waals surface area contributed by atoms with Crippen molar-refractivity contribution in [1.82, 2.24) is 0 Å². The van der Waals surface area contributed by atoms with Crippen LogP contribution in [0.15, 0.2) is 48.5 Å². The molecule has 2 aromatic rings. The third-order valence-electron chi connectivity index (χ3n) is 3.09. The third-order valence-corrected chi connectivity index (χ3v) is 3.09. The number of nitrogens with one attached hydrogen (secondary N) is 1. The average Bonchev–Trinajstić information content (AvgIpc) is 2.54. The molecule has 0 saturated carbocycles. The smallest absolute Gasteiger partial charge is 0.262 e. The Morgan fingerprint density at radius 1 is 0.957 bits per heavy atom. The summed E-state index contributed by atoms with van der Waals surface area (Å²) in [6.07, 6.45) is 0. The lowest BCUT2D eigenvalue weighted by Crippen LogP contribution is -2.21. The van der Waals surface area contributed by atoms with Crippen molar-refractivity contribution in [3.63, 3.8) is 0 Å². The molecule has 0 atom stereocenters. The molecule has 0 unspecified atom stereocenters. The zero-order valence-corrected chi connectivity index (χ0v) is 13.2. The third kappa shape index (κ3) is 4.57. The van der Waals surface area contributed by atoms with E-state index in [-0.39, 0.29) is 18.3 Å². The number of carbonyl (C=O) groups excluding carboxylic acids is 2. The van der Waals surface area contributed by atoms with Gasteiger partial charge in [0.05, 0.1) is 12.3 Å². The number of benzene rings is 2. The van der Waals surface area contributed by atoms with E-state index in [1.807, 2.05) is 13.0 Å². The minimum absolute atomic E-state index is 0.108. The van der Waals surface area contributed by atoms with Crippen molar-refractivity contribution in [2.45, 2.75) is 13.8 Å². The Morgan fingerprint density at radius 2 is 1.57 bits per heavy atom. The Kier molecular flexibility index (Phi) is 5.74. The Labute approximate surface area is 135 Å². The second-order valence-corrected chi connectivity index (χ2v) is 4.82. The molecule has 0 radical (unpaired) electrons. The van der Waals surface area contributed by atoms with Gasteiger partial charge in [-0.15, -0.1) is 0 Å². The number of ether oxygens (including phenoxy) is 2. The van der Waals surface area contributed by atoms with Gasteiger partial charge < -0.3 is 14.8 Å². The van der Waals surface area contributed by atoms with Crippen molar-refractivity contribution in [2.24, 2.45) is 0 Å². The normalized spacial score (nSPS) is 10.0. The summed E-state index contributed by atoms with van der Waals surface area (Å²) in [5.41, 5.74) is 0.947. The average molecular weight is 313 g/mol. The highest BCUT2D eigenvalue weighted by molar-refractivity contribution is 6.03. The molecule has 0 heterocycles. The number of Topliss-reactive ketones (excluding diaryl/α,β-unsaturated/α-hetero) is 1. The van der Waals surface area contributed by atoms with E-state index in [0.29, 0.717) is 29.4 Å². The summed E-state index contributed by atoms with van der Waals surface area (Å²) in [4.78, 5) is 23.6. The molecule has 2 aromatic carbocycles. The molecule has 0 bridgehead atoms. The van der Waals surface area contributed by atoms with Gasteiger partial charge in [-0.2, -0.15) is 0 Å². The van der Waals surface area contributed by atoms with Crippen LogP contribution in [0, 0.1) is 0 Å². The SMILES string of the molecule is CCOc1ccccc1OCC(=O)Nc1ccccc1C(C)=O. The van der Waals surface area contributed by atoms with Crippen molar-refractivity contribution in [3.05, 3.63) is 54.1 Å². The van der Waals surface area contributed by atoms with Crippen LogP contribution in [0.4, 0.5) is 5.69 Å². The Balaban J connectivity index is 2.00. The minimum Gasteiger partial charge on any atom is -0.490 e. The maximum Gasteiger partial charge on any atom is 0.262 e. The molecule has 2 rings (SSSR count). The molecule has 23 heavy (non-hydrogen) atoms. The molecule has 0 aromatic heterocycles. The fraction of sp³-hybridized carbons (Fsp3) is 0.222. The van der Waals surface area contributed by atoms with E-state index in [0.717, 1.165) is 0 Å². The first-order valence-electron chi connectivity index (χ1n) is 7.36. The Hall–Kier alpha value is -2.82. The van der Waals surface area contributed by atoms with Crippen molar-refractivity contribution in [2.75, 3.05) is 18.5 Å². The summed E-state index contributed by atoms with van der Waals surface area (Å²) in [5, 5.41) is 2.69. The first-order valence-corrected chi connectivity index (χ1v) is 7.36. The number of ketones is 1. The van der Waals surface area contributed by atoms with Crippen molar-refractivity contribution >= 4 is 17.4 Å². The molecule has 0 aliphatic rings. The fourth-order valence-corrected chi connectivity index (χ4v) is 2.07. The molecule has 1 N–H and O–H groups in total. The van der Waals surface area contributed by atoms with Crippen LogP contribution in [0.1, 0.15) is 24.2 Å². The number of anilines is 1. The van der Waals surface area contributed by atoms with E-state index in [2.05, 4.69) is 5.32 Å². The largest absolute Gasteiger partial charge is 0.490 e. The maximum atomic E-state index is 12.0. The second-order valence-electron chi connectivity index (χ2n) is 4.82. The van der Waals surface area contributed by atoms with Crippen LogP contribution in [0.25, 0.3) is 0 Å². The number of amides is 1. The van der Waals surface area contributed by atoms with Crippen LogP contribution in [0.5, 0.6) is 11.5 Å². The molecule has 5 heteroatoms. The van der Waals surface area contributed by atoms with E-state index in [1.165, 1.54) is 6.92 Å². The van der Waals surface area contributed by atoms with Gasteiger partial charge in [0, 0.05) is 5.56 Å². The van der Waals surface area contributed by atoms with E-state index in [9.17, 15) is 9.59 Å². The van der Waals surface area contributed by atoms with E-state index in [4.69, 9.17) is 9.47 Å².